The summed E-state index contributed by atoms with van der Waals surface area (Å²) in [5.41, 5.74) is 4.10. The van der Waals surface area contributed by atoms with E-state index in [1.807, 2.05) is 30.5 Å². The van der Waals surface area contributed by atoms with E-state index < -0.39 is 12.1 Å². The van der Waals surface area contributed by atoms with E-state index in [0.29, 0.717) is 24.7 Å². The number of methoxy groups -OCH3 is 1. The van der Waals surface area contributed by atoms with Gasteiger partial charge in [0.25, 0.3) is 0 Å². The minimum Gasteiger partial charge on any atom is -0.497 e. The molecule has 0 radical (unpaired) electrons. The van der Waals surface area contributed by atoms with Gasteiger partial charge in [-0.1, -0.05) is 0 Å². The number of aromatic amines is 1. The van der Waals surface area contributed by atoms with Gasteiger partial charge in [0.1, 0.15) is 5.75 Å². The number of hydrogen-bond acceptors (Lipinski definition) is 6. The number of piperidine rings is 1. The largest absolute Gasteiger partial charge is 0.497 e. The number of benzene rings is 1. The third kappa shape index (κ3) is 6.62. The Morgan fingerprint density at radius 1 is 1.28 bits per heavy atom. The van der Waals surface area contributed by atoms with Crippen LogP contribution >= 0.6 is 0 Å². The lowest BCUT2D eigenvalue weighted by Crippen LogP contribution is -2.41. The maximum atomic E-state index is 11.3. The fourth-order valence-electron chi connectivity index (χ4n) is 5.59. The molecule has 3 heterocycles. The fourth-order valence-corrected chi connectivity index (χ4v) is 5.59. The lowest BCUT2D eigenvalue weighted by Gasteiger charge is -2.39. The number of rotatable bonds is 12. The van der Waals surface area contributed by atoms with Crippen molar-refractivity contribution in [1.82, 2.24) is 20.1 Å². The normalized spacial score (nSPS) is 19.4. The van der Waals surface area contributed by atoms with Crippen LogP contribution in [0.2, 0.25) is 0 Å². The van der Waals surface area contributed by atoms with Gasteiger partial charge in [0, 0.05) is 30.2 Å². The molecule has 1 aliphatic rings. The van der Waals surface area contributed by atoms with Gasteiger partial charge in [-0.2, -0.15) is 5.10 Å². The van der Waals surface area contributed by atoms with E-state index in [9.17, 15) is 15.0 Å². The molecular formula is C28H38N4O4. The lowest BCUT2D eigenvalue weighted by molar-refractivity contribution is -0.137. The van der Waals surface area contributed by atoms with Crippen LogP contribution in [-0.2, 0) is 11.2 Å². The maximum absolute atomic E-state index is 11.3. The van der Waals surface area contributed by atoms with Gasteiger partial charge < -0.3 is 19.8 Å². The number of H-pyrrole nitrogens is 1. The molecule has 3 atom stereocenters. The number of carboxylic acids is 1. The SMILES string of the molecule is COc1ccc2nccc(C(O)CC[C@@H]3CCN(CCCc4cn[nH]c4C)C[C@@H]3CCC(=O)O)c2c1. The number of fused-ring (bicyclic) bond motifs is 1. The van der Waals surface area contributed by atoms with Crippen LogP contribution in [0.3, 0.4) is 0 Å². The average molecular weight is 495 g/mol. The average Bonchev–Trinajstić information content (AvgIpc) is 3.30. The van der Waals surface area contributed by atoms with E-state index in [2.05, 4.69) is 27.0 Å². The molecule has 0 saturated carbocycles. The number of carboxylic acid groups (broad SMARTS) is 1. The first-order valence-electron chi connectivity index (χ1n) is 13.0. The molecule has 0 amide bonds. The number of aliphatic carboxylic acids is 1. The quantitative estimate of drug-likeness (QED) is 0.339. The summed E-state index contributed by atoms with van der Waals surface area (Å²) in [6.07, 6.45) is 8.55. The van der Waals surface area contributed by atoms with Crippen molar-refractivity contribution in [3.05, 3.63) is 53.5 Å². The van der Waals surface area contributed by atoms with E-state index in [1.165, 1.54) is 5.56 Å². The highest BCUT2D eigenvalue weighted by atomic mass is 16.5. The van der Waals surface area contributed by atoms with E-state index in [1.54, 1.807) is 13.3 Å². The Bertz CT molecular complexity index is 1150. The van der Waals surface area contributed by atoms with Crippen molar-refractivity contribution in [2.45, 2.75) is 58.0 Å². The molecule has 8 heteroatoms. The highest BCUT2D eigenvalue weighted by Gasteiger charge is 2.30. The third-order valence-electron chi connectivity index (χ3n) is 7.71. The summed E-state index contributed by atoms with van der Waals surface area (Å²) in [5.74, 6) is 0.743. The Morgan fingerprint density at radius 3 is 2.89 bits per heavy atom. The molecule has 36 heavy (non-hydrogen) atoms. The molecule has 1 saturated heterocycles. The zero-order chi connectivity index (χ0) is 25.5. The summed E-state index contributed by atoms with van der Waals surface area (Å²) >= 11 is 0. The Labute approximate surface area is 212 Å². The third-order valence-corrected chi connectivity index (χ3v) is 7.71. The lowest BCUT2D eigenvalue weighted by atomic mass is 9.79. The van der Waals surface area contributed by atoms with Gasteiger partial charge in [0.2, 0.25) is 0 Å². The minimum atomic E-state index is -0.737. The number of ether oxygens (including phenoxy) is 1. The number of aryl methyl sites for hydroxylation is 2. The molecule has 1 aliphatic heterocycles. The first-order valence-corrected chi connectivity index (χ1v) is 13.0. The molecule has 0 spiro atoms. The highest BCUT2D eigenvalue weighted by molar-refractivity contribution is 5.83. The van der Waals surface area contributed by atoms with Gasteiger partial charge in [-0.3, -0.25) is 14.9 Å². The van der Waals surface area contributed by atoms with Crippen LogP contribution in [0.25, 0.3) is 10.9 Å². The number of hydrogen-bond donors (Lipinski definition) is 3. The molecule has 1 aromatic carbocycles. The molecule has 0 aliphatic carbocycles. The van der Waals surface area contributed by atoms with E-state index in [4.69, 9.17) is 4.74 Å². The molecule has 194 valence electrons. The standard InChI is InChI=1S/C28H38N4O4/c1-19-21(17-30-31-19)4-3-14-32-15-12-20(22(18-32)6-10-28(34)35)5-9-27(33)24-11-13-29-26-8-7-23(36-2)16-25(24)26/h7-8,11,13,16-17,20,22,27,33H,3-6,9-10,12,14-15,18H2,1-2H3,(H,30,31)(H,34,35)/t20-,22+,27?/m1/s1. The van der Waals surface area contributed by atoms with Crippen molar-refractivity contribution in [3.8, 4) is 5.75 Å². The van der Waals surface area contributed by atoms with Gasteiger partial charge in [-0.05, 0) is 106 Å². The number of pyridine rings is 1. The number of aliphatic hydroxyl groups is 1. The minimum absolute atomic E-state index is 0.195. The van der Waals surface area contributed by atoms with Crippen molar-refractivity contribution in [1.29, 1.82) is 0 Å². The molecule has 2 aromatic heterocycles. The highest BCUT2D eigenvalue weighted by Crippen LogP contribution is 2.35. The van der Waals surface area contributed by atoms with E-state index in [0.717, 1.165) is 73.2 Å². The Morgan fingerprint density at radius 2 is 2.14 bits per heavy atom. The molecular weight excluding hydrogens is 456 g/mol. The predicted molar refractivity (Wildman–Crippen MR) is 139 cm³/mol. The Balaban J connectivity index is 1.36. The van der Waals surface area contributed by atoms with Crippen LogP contribution in [-0.4, -0.2) is 63.0 Å². The van der Waals surface area contributed by atoms with Gasteiger partial charge in [-0.15, -0.1) is 0 Å². The predicted octanol–water partition coefficient (Wildman–Crippen LogP) is 4.52. The first kappa shape index (κ1) is 26.1. The number of nitrogens with one attached hydrogen (secondary N) is 1. The molecule has 8 nitrogen and oxygen atoms in total. The Hall–Kier alpha value is -2.97. The van der Waals surface area contributed by atoms with Crippen molar-refractivity contribution < 1.29 is 19.7 Å². The van der Waals surface area contributed by atoms with Crippen molar-refractivity contribution in [2.24, 2.45) is 11.8 Å². The fraction of sp³-hybridized carbons (Fsp3) is 0.536. The summed E-state index contributed by atoms with van der Waals surface area (Å²) in [5, 5.41) is 28.4. The van der Waals surface area contributed by atoms with E-state index in [-0.39, 0.29) is 6.42 Å². The molecule has 1 unspecified atom stereocenters. The molecule has 3 aromatic rings. The van der Waals surface area contributed by atoms with Crippen LogP contribution in [0, 0.1) is 18.8 Å². The van der Waals surface area contributed by atoms with Crippen LogP contribution in [0.4, 0.5) is 0 Å². The zero-order valence-electron chi connectivity index (χ0n) is 21.3. The second-order valence-electron chi connectivity index (χ2n) is 10.0. The number of likely N-dealkylation sites (tertiary alicyclic amines) is 1. The number of aromatic nitrogens is 3. The number of carbonyl (C=O) groups is 1. The van der Waals surface area contributed by atoms with Gasteiger partial charge >= 0.3 is 5.97 Å². The second kappa shape index (κ2) is 12.3. The first-order chi connectivity index (χ1) is 17.4. The van der Waals surface area contributed by atoms with Crippen LogP contribution in [0.15, 0.2) is 36.7 Å². The van der Waals surface area contributed by atoms with Gasteiger partial charge in [0.05, 0.1) is 24.9 Å². The topological polar surface area (TPSA) is 112 Å². The van der Waals surface area contributed by atoms with Crippen LogP contribution in [0.5, 0.6) is 5.75 Å². The summed E-state index contributed by atoms with van der Waals surface area (Å²) < 4.78 is 5.37. The number of nitrogens with zero attached hydrogens (tertiary/aromatic N) is 3. The molecule has 1 fully saturated rings. The second-order valence-corrected chi connectivity index (χ2v) is 10.0. The van der Waals surface area contributed by atoms with Crippen molar-refractivity contribution in [3.63, 3.8) is 0 Å². The molecule has 0 bridgehead atoms. The van der Waals surface area contributed by atoms with Crippen LogP contribution < -0.4 is 4.74 Å². The summed E-state index contributed by atoms with van der Waals surface area (Å²) in [7, 11) is 1.63. The van der Waals surface area contributed by atoms with Gasteiger partial charge in [0.15, 0.2) is 0 Å². The smallest absolute Gasteiger partial charge is 0.303 e. The molecule has 3 N–H and O–H groups in total. The zero-order valence-corrected chi connectivity index (χ0v) is 21.3. The summed E-state index contributed by atoms with van der Waals surface area (Å²) in [6, 6.07) is 7.61. The summed E-state index contributed by atoms with van der Waals surface area (Å²) in [6.45, 7) is 5.00. The monoisotopic (exact) mass is 494 g/mol. The summed E-state index contributed by atoms with van der Waals surface area (Å²) in [4.78, 5) is 18.2. The van der Waals surface area contributed by atoms with Gasteiger partial charge in [-0.25, -0.2) is 0 Å². The number of aliphatic hydroxyl groups excluding tert-OH is 1. The van der Waals surface area contributed by atoms with Crippen LogP contribution in [0.1, 0.15) is 61.4 Å². The maximum Gasteiger partial charge on any atom is 0.303 e. The van der Waals surface area contributed by atoms with E-state index >= 15 is 0 Å². The van der Waals surface area contributed by atoms with Crippen molar-refractivity contribution >= 4 is 16.9 Å². The molecule has 4 rings (SSSR count). The van der Waals surface area contributed by atoms with Crippen molar-refractivity contribution in [2.75, 3.05) is 26.7 Å². The Kier molecular flexibility index (Phi) is 8.93.